The molecule has 0 amide bonds. The highest BCUT2D eigenvalue weighted by molar-refractivity contribution is 5.65. The Bertz CT molecular complexity index is 686. The van der Waals surface area contributed by atoms with Crippen molar-refractivity contribution in [3.05, 3.63) is 51.6 Å². The fourth-order valence-corrected chi connectivity index (χ4v) is 1.45. The van der Waals surface area contributed by atoms with Crippen molar-refractivity contribution in [2.45, 2.75) is 12.8 Å². The third-order valence-electron chi connectivity index (χ3n) is 2.33. The van der Waals surface area contributed by atoms with E-state index >= 15 is 0 Å². The van der Waals surface area contributed by atoms with Crippen LogP contribution >= 0.6 is 0 Å². The molecule has 0 aromatic carbocycles. The molecule has 0 atom stereocenters. The molecule has 0 unspecified atom stereocenters. The number of furan rings is 1. The molecule has 0 aliphatic carbocycles. The van der Waals surface area contributed by atoms with E-state index in [9.17, 15) is 18.0 Å². The van der Waals surface area contributed by atoms with Crippen LogP contribution in [0.25, 0.3) is 12.2 Å². The van der Waals surface area contributed by atoms with Gasteiger partial charge in [-0.15, -0.1) is 0 Å². The second kappa shape index (κ2) is 5.33. The molecule has 0 saturated heterocycles. The lowest BCUT2D eigenvalue weighted by molar-refractivity contribution is -0.141. The molecular weight excluding hydrogens is 277 g/mol. The van der Waals surface area contributed by atoms with Gasteiger partial charge in [0.05, 0.1) is 5.69 Å². The summed E-state index contributed by atoms with van der Waals surface area (Å²) in [5, 5.41) is 8.80. The van der Waals surface area contributed by atoms with Crippen LogP contribution in [0.5, 0.6) is 0 Å². The first-order chi connectivity index (χ1) is 9.38. The van der Waals surface area contributed by atoms with Crippen molar-refractivity contribution in [1.82, 2.24) is 9.97 Å². The van der Waals surface area contributed by atoms with E-state index in [1.54, 1.807) is 4.98 Å². The molecule has 2 rings (SSSR count). The molecule has 0 spiro atoms. The van der Waals surface area contributed by atoms with Crippen LogP contribution in [0.3, 0.4) is 0 Å². The fourth-order valence-electron chi connectivity index (χ4n) is 1.45. The molecule has 0 bridgehead atoms. The molecule has 5 nitrogen and oxygen atoms in total. The topological polar surface area (TPSA) is 79.1 Å². The minimum Gasteiger partial charge on any atom is -0.459 e. The number of hydrogen-bond donors (Lipinski definition) is 2. The summed E-state index contributed by atoms with van der Waals surface area (Å²) < 4.78 is 42.6. The van der Waals surface area contributed by atoms with Crippen molar-refractivity contribution in [2.75, 3.05) is 0 Å². The lowest BCUT2D eigenvalue weighted by Crippen LogP contribution is -2.19. The van der Waals surface area contributed by atoms with E-state index < -0.39 is 17.6 Å². The maximum Gasteiger partial charge on any atom is 0.431 e. The highest BCUT2D eigenvalue weighted by Gasteiger charge is 2.32. The number of alkyl halides is 3. The Labute approximate surface area is 110 Å². The van der Waals surface area contributed by atoms with Crippen molar-refractivity contribution < 1.29 is 22.7 Å². The second-order valence-corrected chi connectivity index (χ2v) is 3.82. The van der Waals surface area contributed by atoms with E-state index in [0.717, 1.165) is 0 Å². The van der Waals surface area contributed by atoms with Crippen LogP contribution in [0.2, 0.25) is 0 Å². The van der Waals surface area contributed by atoms with Gasteiger partial charge in [-0.25, -0.2) is 4.79 Å². The molecule has 2 aromatic heterocycles. The van der Waals surface area contributed by atoms with Crippen molar-refractivity contribution in [3.63, 3.8) is 0 Å². The molecular formula is C12H9F3N2O3. The molecule has 0 fully saturated rings. The first kappa shape index (κ1) is 14.1. The van der Waals surface area contributed by atoms with Crippen molar-refractivity contribution >= 4 is 12.2 Å². The Morgan fingerprint density at radius 3 is 2.70 bits per heavy atom. The van der Waals surface area contributed by atoms with E-state index in [2.05, 4.69) is 4.98 Å². The third-order valence-corrected chi connectivity index (χ3v) is 2.33. The Morgan fingerprint density at radius 2 is 2.10 bits per heavy atom. The van der Waals surface area contributed by atoms with Gasteiger partial charge < -0.3 is 14.5 Å². The smallest absolute Gasteiger partial charge is 0.431 e. The van der Waals surface area contributed by atoms with Gasteiger partial charge in [0.15, 0.2) is 0 Å². The van der Waals surface area contributed by atoms with Crippen LogP contribution in [0.4, 0.5) is 13.2 Å². The summed E-state index contributed by atoms with van der Waals surface area (Å²) in [6.45, 7) is -0.282. The Kier molecular flexibility index (Phi) is 3.75. The lowest BCUT2D eigenvalue weighted by Gasteiger charge is -2.05. The molecule has 0 saturated carbocycles. The number of nitrogens with one attached hydrogen (secondary N) is 1. The minimum absolute atomic E-state index is 0.150. The third kappa shape index (κ3) is 3.35. The Morgan fingerprint density at radius 1 is 1.35 bits per heavy atom. The first-order valence-electron chi connectivity index (χ1n) is 5.45. The van der Waals surface area contributed by atoms with Crippen molar-refractivity contribution in [1.29, 1.82) is 0 Å². The summed E-state index contributed by atoms with van der Waals surface area (Å²) in [4.78, 5) is 16.1. The maximum atomic E-state index is 12.5. The molecule has 0 radical (unpaired) electrons. The lowest BCUT2D eigenvalue weighted by atomic mass is 10.3. The highest BCUT2D eigenvalue weighted by Crippen LogP contribution is 2.27. The highest BCUT2D eigenvalue weighted by atomic mass is 19.4. The molecule has 2 N–H and O–H groups in total. The van der Waals surface area contributed by atoms with Crippen LogP contribution in [0, 0.1) is 0 Å². The zero-order valence-electron chi connectivity index (χ0n) is 9.94. The monoisotopic (exact) mass is 286 g/mol. The van der Waals surface area contributed by atoms with Crippen LogP contribution in [0.1, 0.15) is 22.9 Å². The van der Waals surface area contributed by atoms with Gasteiger partial charge in [-0.3, -0.25) is 0 Å². The van der Waals surface area contributed by atoms with Gasteiger partial charge in [0.25, 0.3) is 0 Å². The van der Waals surface area contributed by atoms with E-state index in [1.807, 2.05) is 0 Å². The van der Waals surface area contributed by atoms with Crippen molar-refractivity contribution in [3.8, 4) is 0 Å². The van der Waals surface area contributed by atoms with Gasteiger partial charge in [0.1, 0.15) is 23.8 Å². The summed E-state index contributed by atoms with van der Waals surface area (Å²) in [6.07, 6.45) is -2.09. The van der Waals surface area contributed by atoms with E-state index in [-0.39, 0.29) is 12.3 Å². The number of aromatic amines is 1. The predicted octanol–water partition coefficient (Wildman–Crippen LogP) is 2.04. The van der Waals surface area contributed by atoms with Gasteiger partial charge in [-0.2, -0.15) is 18.2 Å². The predicted molar refractivity (Wildman–Crippen MR) is 63.4 cm³/mol. The van der Waals surface area contributed by atoms with Crippen LogP contribution in [-0.2, 0) is 12.8 Å². The van der Waals surface area contributed by atoms with Crippen molar-refractivity contribution in [2.24, 2.45) is 0 Å². The largest absolute Gasteiger partial charge is 0.459 e. The minimum atomic E-state index is -4.65. The number of aliphatic hydroxyl groups is 1. The van der Waals surface area contributed by atoms with E-state index in [1.165, 1.54) is 24.3 Å². The molecule has 20 heavy (non-hydrogen) atoms. The number of rotatable bonds is 3. The fraction of sp³-hybridized carbons (Fsp3) is 0.167. The summed E-state index contributed by atoms with van der Waals surface area (Å²) in [5.41, 5.74) is -2.41. The molecule has 2 heterocycles. The summed E-state index contributed by atoms with van der Waals surface area (Å²) >= 11 is 0. The molecule has 106 valence electrons. The normalized spacial score (nSPS) is 12.2. The zero-order valence-corrected chi connectivity index (χ0v) is 9.94. The quantitative estimate of drug-likeness (QED) is 0.905. The van der Waals surface area contributed by atoms with Gasteiger partial charge in [0.2, 0.25) is 0 Å². The Balaban J connectivity index is 2.29. The average molecular weight is 286 g/mol. The molecule has 2 aromatic rings. The van der Waals surface area contributed by atoms with Crippen LogP contribution in [0.15, 0.2) is 27.4 Å². The number of aliphatic hydroxyl groups excluding tert-OH is 1. The van der Waals surface area contributed by atoms with E-state index in [0.29, 0.717) is 17.6 Å². The first-order valence-corrected chi connectivity index (χ1v) is 5.45. The molecule has 0 aliphatic heterocycles. The van der Waals surface area contributed by atoms with Gasteiger partial charge >= 0.3 is 11.9 Å². The summed E-state index contributed by atoms with van der Waals surface area (Å²) in [6, 6.07) is 3.76. The maximum absolute atomic E-state index is 12.5. The number of H-pyrrole nitrogens is 1. The number of nitrogens with zero attached hydrogens (tertiary/aromatic N) is 1. The summed E-state index contributed by atoms with van der Waals surface area (Å²) in [7, 11) is 0. The number of hydrogen-bond acceptors (Lipinski definition) is 4. The standard InChI is InChI=1S/C12H9F3N2O3/c13-12(14,15)10-5-7(16-11(19)17-10)1-2-8-3-4-9(6-18)20-8/h1-5,18H,6H2,(H,16,17,19). The van der Waals surface area contributed by atoms with Crippen LogP contribution in [-0.4, -0.2) is 15.1 Å². The number of aromatic nitrogens is 2. The van der Waals surface area contributed by atoms with Gasteiger partial charge in [0, 0.05) is 0 Å². The van der Waals surface area contributed by atoms with Gasteiger partial charge in [-0.05, 0) is 30.4 Å². The summed E-state index contributed by atoms with van der Waals surface area (Å²) in [5.74, 6) is 0.643. The Hall–Kier alpha value is -2.35. The molecule has 8 heteroatoms. The number of halogens is 3. The second-order valence-electron chi connectivity index (χ2n) is 3.82. The zero-order chi connectivity index (χ0) is 14.8. The average Bonchev–Trinajstić information content (AvgIpc) is 2.82. The van der Waals surface area contributed by atoms with E-state index in [4.69, 9.17) is 9.52 Å². The SMILES string of the molecule is O=c1nc(C=Cc2ccc(CO)o2)cc(C(F)(F)F)[nH]1. The molecule has 0 aliphatic rings. The van der Waals surface area contributed by atoms with Crippen LogP contribution < -0.4 is 5.69 Å². The van der Waals surface area contributed by atoms with Gasteiger partial charge in [-0.1, -0.05) is 0 Å².